The van der Waals surface area contributed by atoms with E-state index in [0.717, 1.165) is 29.8 Å². The monoisotopic (exact) mass is 509 g/mol. The van der Waals surface area contributed by atoms with Crippen molar-refractivity contribution in [3.63, 3.8) is 0 Å². The van der Waals surface area contributed by atoms with E-state index >= 15 is 0 Å². The van der Waals surface area contributed by atoms with Crippen LogP contribution in [0.25, 0.3) is 11.4 Å². The number of anilines is 3. The van der Waals surface area contributed by atoms with Crippen LogP contribution in [0.1, 0.15) is 55.3 Å². The molecular formula is C24H27N7O4S. The number of Topliss-reactive ketones (excluding diaryl/α,β-unsaturated/α-hetero) is 1. The van der Waals surface area contributed by atoms with Gasteiger partial charge in [-0.25, -0.2) is 23.4 Å². The maximum atomic E-state index is 12.8. The summed E-state index contributed by atoms with van der Waals surface area (Å²) in [5.41, 5.74) is 1.75. The zero-order chi connectivity index (χ0) is 24.9. The number of nitrogens with one attached hydrogen (secondary N) is 2. The number of aliphatic hydroxyl groups is 1. The first-order valence-corrected chi connectivity index (χ1v) is 13.8. The molecule has 36 heavy (non-hydrogen) atoms. The van der Waals surface area contributed by atoms with Crippen molar-refractivity contribution in [1.29, 1.82) is 0 Å². The molecule has 3 heterocycles. The molecule has 0 bridgehead atoms. The lowest BCUT2D eigenvalue weighted by Gasteiger charge is -2.18. The zero-order valence-electron chi connectivity index (χ0n) is 19.5. The van der Waals surface area contributed by atoms with Crippen LogP contribution < -0.4 is 10.6 Å². The number of nitrogens with zero attached hydrogens (tertiary/aromatic N) is 5. The Morgan fingerprint density at radius 2 is 1.89 bits per heavy atom. The normalized spacial score (nSPS) is 21.9. The van der Waals surface area contributed by atoms with E-state index in [1.807, 2.05) is 0 Å². The highest BCUT2D eigenvalue weighted by molar-refractivity contribution is 7.90. The Morgan fingerprint density at radius 3 is 2.61 bits per heavy atom. The molecule has 0 aliphatic heterocycles. The summed E-state index contributed by atoms with van der Waals surface area (Å²) in [7, 11) is -3.47. The third-order valence-corrected chi connectivity index (χ3v) is 8.85. The molecule has 3 saturated carbocycles. The van der Waals surface area contributed by atoms with E-state index < -0.39 is 10.0 Å². The molecular weight excluding hydrogens is 482 g/mol. The number of aliphatic hydroxyl groups excluding tert-OH is 1. The van der Waals surface area contributed by atoms with Gasteiger partial charge in [0, 0.05) is 30.4 Å². The second-order valence-electron chi connectivity index (χ2n) is 9.80. The number of carbonyl (C=O) groups excluding carboxylic acids is 1. The van der Waals surface area contributed by atoms with E-state index in [9.17, 15) is 18.3 Å². The van der Waals surface area contributed by atoms with Crippen molar-refractivity contribution in [2.24, 2.45) is 5.92 Å². The maximum absolute atomic E-state index is 12.8. The first kappa shape index (κ1) is 23.0. The molecule has 12 heteroatoms. The van der Waals surface area contributed by atoms with E-state index in [2.05, 4.69) is 30.7 Å². The molecule has 0 saturated heterocycles. The zero-order valence-corrected chi connectivity index (χ0v) is 20.4. The topological polar surface area (TPSA) is 152 Å². The first-order valence-electron chi connectivity index (χ1n) is 12.2. The van der Waals surface area contributed by atoms with Gasteiger partial charge in [-0.3, -0.25) is 4.79 Å². The maximum Gasteiger partial charge on any atom is 0.256 e. The van der Waals surface area contributed by atoms with Crippen LogP contribution >= 0.6 is 0 Å². The van der Waals surface area contributed by atoms with E-state index in [-0.39, 0.29) is 29.1 Å². The second-order valence-corrected chi connectivity index (χ2v) is 11.9. The minimum Gasteiger partial charge on any atom is -0.393 e. The van der Waals surface area contributed by atoms with Crippen LogP contribution in [0.15, 0.2) is 36.9 Å². The minimum atomic E-state index is -3.47. The van der Waals surface area contributed by atoms with Crippen LogP contribution in [-0.2, 0) is 10.0 Å². The van der Waals surface area contributed by atoms with Crippen molar-refractivity contribution < 1.29 is 18.3 Å². The van der Waals surface area contributed by atoms with Gasteiger partial charge in [0.1, 0.15) is 11.6 Å². The fraction of sp³-hybridized carbons (Fsp3) is 0.458. The third-order valence-electron chi connectivity index (χ3n) is 6.82. The molecule has 2 atom stereocenters. The van der Waals surface area contributed by atoms with Crippen LogP contribution in [0.3, 0.4) is 0 Å². The predicted octanol–water partition coefficient (Wildman–Crippen LogP) is 2.74. The Kier molecular flexibility index (Phi) is 5.72. The molecule has 188 valence electrons. The van der Waals surface area contributed by atoms with E-state index in [1.165, 1.54) is 12.4 Å². The number of hydrogen-bond donors (Lipinski definition) is 3. The summed E-state index contributed by atoms with van der Waals surface area (Å²) < 4.78 is 25.9. The molecule has 0 aromatic carbocycles. The Labute approximate surface area is 208 Å². The Hall–Kier alpha value is -3.38. The van der Waals surface area contributed by atoms with Crippen molar-refractivity contribution in [3.05, 3.63) is 42.5 Å². The molecule has 3 aliphatic carbocycles. The van der Waals surface area contributed by atoms with Crippen molar-refractivity contribution in [3.8, 4) is 11.4 Å². The largest absolute Gasteiger partial charge is 0.393 e. The number of rotatable bonds is 9. The third kappa shape index (κ3) is 4.70. The molecule has 3 aromatic heterocycles. The van der Waals surface area contributed by atoms with Gasteiger partial charge in [0.05, 0.1) is 40.6 Å². The van der Waals surface area contributed by atoms with Crippen molar-refractivity contribution in [1.82, 2.24) is 24.1 Å². The fourth-order valence-electron chi connectivity index (χ4n) is 4.49. The van der Waals surface area contributed by atoms with Gasteiger partial charge in [-0.15, -0.1) is 0 Å². The van der Waals surface area contributed by atoms with Crippen molar-refractivity contribution in [2.45, 2.75) is 62.3 Å². The number of pyridine rings is 1. The lowest BCUT2D eigenvalue weighted by atomic mass is 10.1. The molecule has 11 nitrogen and oxygen atoms in total. The van der Waals surface area contributed by atoms with Crippen molar-refractivity contribution in [2.75, 3.05) is 10.6 Å². The minimum absolute atomic E-state index is 0.0643. The number of hydrogen-bond acceptors (Lipinski definition) is 10. The SMILES string of the molecule is O=C(c1cnc(Nc2ccnc(-c3cnn(S(=O)(=O)C4CC4)c3)n2)cc1N[C@H]1CC[C@@H](O)C1)C1CC1. The molecule has 0 unspecified atom stereocenters. The second kappa shape index (κ2) is 8.93. The average Bonchev–Trinajstić information content (AvgIpc) is 3.79. The summed E-state index contributed by atoms with van der Waals surface area (Å²) in [5.74, 6) is 1.46. The summed E-state index contributed by atoms with van der Waals surface area (Å²) in [6.07, 6.45) is 11.0. The van der Waals surface area contributed by atoms with Gasteiger partial charge >= 0.3 is 0 Å². The Morgan fingerprint density at radius 1 is 1.06 bits per heavy atom. The van der Waals surface area contributed by atoms with Gasteiger partial charge in [0.25, 0.3) is 10.0 Å². The lowest BCUT2D eigenvalue weighted by molar-refractivity contribution is 0.0968. The standard InChI is InChI=1S/C24H27N7O4S/c32-17-4-3-16(9-17)28-20-10-22(26-12-19(20)23(33)14-1-2-14)29-21-7-8-25-24(30-21)15-11-27-31(13-15)36(34,35)18-5-6-18/h7-8,10-14,16-18,32H,1-6,9H2,(H2,25,26,28,29,30)/t16-,17+/m0/s1. The molecule has 3 aromatic rings. The highest BCUT2D eigenvalue weighted by atomic mass is 32.2. The summed E-state index contributed by atoms with van der Waals surface area (Å²) in [6.45, 7) is 0. The number of ketones is 1. The van der Waals surface area contributed by atoms with Crippen LogP contribution in [0.4, 0.5) is 17.3 Å². The molecule has 6 rings (SSSR count). The predicted molar refractivity (Wildman–Crippen MR) is 132 cm³/mol. The summed E-state index contributed by atoms with van der Waals surface area (Å²) in [6, 6.07) is 3.57. The average molecular weight is 510 g/mol. The molecule has 0 radical (unpaired) electrons. The van der Waals surface area contributed by atoms with Crippen LogP contribution in [-0.4, -0.2) is 60.8 Å². The van der Waals surface area contributed by atoms with Gasteiger partial charge in [-0.05, 0) is 51.0 Å². The van der Waals surface area contributed by atoms with E-state index in [1.54, 1.807) is 24.5 Å². The van der Waals surface area contributed by atoms with E-state index in [4.69, 9.17) is 0 Å². The Balaban J connectivity index is 1.24. The smallest absolute Gasteiger partial charge is 0.256 e. The summed E-state index contributed by atoms with van der Waals surface area (Å²) >= 11 is 0. The van der Waals surface area contributed by atoms with Gasteiger partial charge in [-0.2, -0.15) is 9.19 Å². The van der Waals surface area contributed by atoms with Crippen LogP contribution in [0, 0.1) is 5.92 Å². The van der Waals surface area contributed by atoms with Crippen LogP contribution in [0.2, 0.25) is 0 Å². The molecule has 0 amide bonds. The first-order chi connectivity index (χ1) is 17.4. The fourth-order valence-corrected chi connectivity index (χ4v) is 5.97. The van der Waals surface area contributed by atoms with Gasteiger partial charge in [0.2, 0.25) is 0 Å². The Bertz CT molecular complexity index is 1420. The highest BCUT2D eigenvalue weighted by Gasteiger charge is 2.38. The summed E-state index contributed by atoms with van der Waals surface area (Å²) in [4.78, 5) is 26.0. The number of carbonyl (C=O) groups is 1. The van der Waals surface area contributed by atoms with Gasteiger partial charge in [0.15, 0.2) is 11.6 Å². The summed E-state index contributed by atoms with van der Waals surface area (Å²) in [5, 5.41) is 20.1. The van der Waals surface area contributed by atoms with Crippen molar-refractivity contribution >= 4 is 33.1 Å². The molecule has 3 N–H and O–H groups in total. The van der Waals surface area contributed by atoms with Crippen LogP contribution in [0.5, 0.6) is 0 Å². The van der Waals surface area contributed by atoms with Gasteiger partial charge in [-0.1, -0.05) is 0 Å². The molecule has 3 fully saturated rings. The molecule has 0 spiro atoms. The quantitative estimate of drug-likeness (QED) is 0.367. The molecule has 3 aliphatic rings. The highest BCUT2D eigenvalue weighted by Crippen LogP contribution is 2.36. The van der Waals surface area contributed by atoms with Gasteiger partial charge < -0.3 is 15.7 Å². The number of aromatic nitrogens is 5. The lowest BCUT2D eigenvalue weighted by Crippen LogP contribution is -2.19. The van der Waals surface area contributed by atoms with E-state index in [0.29, 0.717) is 53.5 Å².